The Balaban J connectivity index is 2.01. The smallest absolute Gasteiger partial charge is 0.254 e. The van der Waals surface area contributed by atoms with Crippen molar-refractivity contribution in [2.45, 2.75) is 6.54 Å². The van der Waals surface area contributed by atoms with Gasteiger partial charge in [0.05, 0.1) is 5.56 Å². The molecule has 1 N–H and O–H groups in total. The van der Waals surface area contributed by atoms with Crippen LogP contribution in [0.2, 0.25) is 0 Å². The van der Waals surface area contributed by atoms with Gasteiger partial charge in [-0.3, -0.25) is 4.79 Å². The molecule has 1 amide bonds. The first-order valence-corrected chi connectivity index (χ1v) is 6.41. The highest BCUT2D eigenvalue weighted by Crippen LogP contribution is 2.12. The molecule has 0 aromatic carbocycles. The standard InChI is InChI=1S/C11H9BrN2OS/c12-10-9(2-1-4-13-10)11(15)14-6-8-3-5-16-7-8/h1-5,7H,6H2,(H,14,15). The molecule has 0 atom stereocenters. The van der Waals surface area contributed by atoms with Crippen LogP contribution < -0.4 is 5.32 Å². The first-order chi connectivity index (χ1) is 7.77. The maximum Gasteiger partial charge on any atom is 0.254 e. The fourth-order valence-corrected chi connectivity index (χ4v) is 2.33. The highest BCUT2D eigenvalue weighted by Gasteiger charge is 2.09. The van der Waals surface area contributed by atoms with Crippen LogP contribution in [0.25, 0.3) is 0 Å². The quantitative estimate of drug-likeness (QED) is 0.885. The van der Waals surface area contributed by atoms with Crippen LogP contribution in [0.4, 0.5) is 0 Å². The first-order valence-electron chi connectivity index (χ1n) is 4.67. The number of pyridine rings is 1. The Morgan fingerprint density at radius 2 is 2.38 bits per heavy atom. The van der Waals surface area contributed by atoms with E-state index in [4.69, 9.17) is 0 Å². The molecule has 0 aliphatic carbocycles. The Morgan fingerprint density at radius 1 is 1.50 bits per heavy atom. The molecule has 3 nitrogen and oxygen atoms in total. The lowest BCUT2D eigenvalue weighted by Gasteiger charge is -2.04. The summed E-state index contributed by atoms with van der Waals surface area (Å²) in [5.74, 6) is -0.119. The number of hydrogen-bond donors (Lipinski definition) is 1. The Labute approximate surface area is 106 Å². The molecule has 2 aromatic heterocycles. The number of amides is 1. The third kappa shape index (κ3) is 2.68. The molecule has 2 rings (SSSR count). The van der Waals surface area contributed by atoms with Gasteiger partial charge in [-0.2, -0.15) is 11.3 Å². The average Bonchev–Trinajstić information content (AvgIpc) is 2.79. The molecule has 82 valence electrons. The van der Waals surface area contributed by atoms with Crippen LogP contribution in [0.5, 0.6) is 0 Å². The van der Waals surface area contributed by atoms with Gasteiger partial charge in [0.15, 0.2) is 0 Å². The van der Waals surface area contributed by atoms with Gasteiger partial charge < -0.3 is 5.32 Å². The lowest BCUT2D eigenvalue weighted by atomic mass is 10.2. The van der Waals surface area contributed by atoms with Crippen LogP contribution >= 0.6 is 27.3 Å². The van der Waals surface area contributed by atoms with Crippen molar-refractivity contribution in [1.82, 2.24) is 10.3 Å². The van der Waals surface area contributed by atoms with Crippen LogP contribution in [0.1, 0.15) is 15.9 Å². The van der Waals surface area contributed by atoms with Gasteiger partial charge in [0.2, 0.25) is 0 Å². The monoisotopic (exact) mass is 296 g/mol. The third-order valence-corrected chi connectivity index (χ3v) is 3.40. The Bertz CT molecular complexity index is 484. The zero-order valence-corrected chi connectivity index (χ0v) is 10.7. The maximum atomic E-state index is 11.8. The first kappa shape index (κ1) is 11.3. The van der Waals surface area contributed by atoms with E-state index >= 15 is 0 Å². The van der Waals surface area contributed by atoms with E-state index in [0.717, 1.165) is 5.56 Å². The minimum atomic E-state index is -0.119. The second-order valence-corrected chi connectivity index (χ2v) is 4.69. The topological polar surface area (TPSA) is 42.0 Å². The molecule has 2 aromatic rings. The summed E-state index contributed by atoms with van der Waals surface area (Å²) in [5, 5.41) is 6.84. The van der Waals surface area contributed by atoms with Gasteiger partial charge in [-0.15, -0.1) is 0 Å². The second-order valence-electron chi connectivity index (χ2n) is 3.16. The number of nitrogens with zero attached hydrogens (tertiary/aromatic N) is 1. The molecule has 16 heavy (non-hydrogen) atoms. The molecule has 0 bridgehead atoms. The summed E-state index contributed by atoms with van der Waals surface area (Å²) in [6, 6.07) is 5.47. The van der Waals surface area contributed by atoms with Crippen LogP contribution in [0, 0.1) is 0 Å². The van der Waals surface area contributed by atoms with Crippen molar-refractivity contribution >= 4 is 33.2 Å². The second kappa shape index (κ2) is 5.23. The van der Waals surface area contributed by atoms with Gasteiger partial charge in [0.1, 0.15) is 4.60 Å². The number of aromatic nitrogens is 1. The summed E-state index contributed by atoms with van der Waals surface area (Å²) < 4.78 is 0.567. The zero-order chi connectivity index (χ0) is 11.4. The summed E-state index contributed by atoms with van der Waals surface area (Å²) in [6.45, 7) is 0.545. The predicted octanol–water partition coefficient (Wildman–Crippen LogP) is 2.84. The zero-order valence-electron chi connectivity index (χ0n) is 8.31. The van der Waals surface area contributed by atoms with Crippen molar-refractivity contribution in [3.05, 3.63) is 50.9 Å². The number of nitrogens with one attached hydrogen (secondary N) is 1. The maximum absolute atomic E-state index is 11.8. The van der Waals surface area contributed by atoms with Gasteiger partial charge >= 0.3 is 0 Å². The van der Waals surface area contributed by atoms with Crippen LogP contribution in [-0.4, -0.2) is 10.9 Å². The molecule has 0 fully saturated rings. The number of halogens is 1. The average molecular weight is 297 g/mol. The third-order valence-electron chi connectivity index (χ3n) is 2.04. The molecular weight excluding hydrogens is 288 g/mol. The molecule has 0 radical (unpaired) electrons. The number of thiophene rings is 1. The van der Waals surface area contributed by atoms with Crippen molar-refractivity contribution in [2.75, 3.05) is 0 Å². The van der Waals surface area contributed by atoms with Crippen molar-refractivity contribution in [3.8, 4) is 0 Å². The van der Waals surface area contributed by atoms with Gasteiger partial charge in [-0.25, -0.2) is 4.98 Å². The summed E-state index contributed by atoms with van der Waals surface area (Å²) in [4.78, 5) is 15.8. The van der Waals surface area contributed by atoms with E-state index in [9.17, 15) is 4.79 Å². The highest BCUT2D eigenvalue weighted by atomic mass is 79.9. The van der Waals surface area contributed by atoms with Crippen LogP contribution in [0.15, 0.2) is 39.8 Å². The van der Waals surface area contributed by atoms with E-state index in [1.807, 2.05) is 16.8 Å². The van der Waals surface area contributed by atoms with Gasteiger partial charge in [-0.05, 0) is 50.5 Å². The fraction of sp³-hybridized carbons (Fsp3) is 0.0909. The Hall–Kier alpha value is -1.20. The van der Waals surface area contributed by atoms with Gasteiger partial charge in [0.25, 0.3) is 5.91 Å². The van der Waals surface area contributed by atoms with E-state index in [-0.39, 0.29) is 5.91 Å². The van der Waals surface area contributed by atoms with Gasteiger partial charge in [0, 0.05) is 12.7 Å². The summed E-state index contributed by atoms with van der Waals surface area (Å²) >= 11 is 4.86. The molecule has 0 aliphatic heterocycles. The highest BCUT2D eigenvalue weighted by molar-refractivity contribution is 9.10. The minimum Gasteiger partial charge on any atom is -0.348 e. The number of carbonyl (C=O) groups is 1. The molecule has 0 saturated heterocycles. The number of rotatable bonds is 3. The van der Waals surface area contributed by atoms with E-state index in [2.05, 4.69) is 26.2 Å². The van der Waals surface area contributed by atoms with Crippen molar-refractivity contribution < 1.29 is 4.79 Å². The predicted molar refractivity (Wildman–Crippen MR) is 67.4 cm³/mol. The molecule has 0 saturated carbocycles. The molecule has 0 unspecified atom stereocenters. The van der Waals surface area contributed by atoms with Crippen molar-refractivity contribution in [2.24, 2.45) is 0 Å². The van der Waals surface area contributed by atoms with Crippen molar-refractivity contribution in [3.63, 3.8) is 0 Å². The molecule has 2 heterocycles. The van der Waals surface area contributed by atoms with Crippen LogP contribution in [-0.2, 0) is 6.54 Å². The fourth-order valence-electron chi connectivity index (χ4n) is 1.23. The molecule has 5 heteroatoms. The van der Waals surface area contributed by atoms with E-state index < -0.39 is 0 Å². The van der Waals surface area contributed by atoms with E-state index in [1.54, 1.807) is 29.7 Å². The minimum absolute atomic E-state index is 0.119. The molecule has 0 spiro atoms. The lowest BCUT2D eigenvalue weighted by molar-refractivity contribution is 0.0949. The summed E-state index contributed by atoms with van der Waals surface area (Å²) in [5.41, 5.74) is 1.66. The normalized spacial score (nSPS) is 10.1. The number of carbonyl (C=O) groups excluding carboxylic acids is 1. The summed E-state index contributed by atoms with van der Waals surface area (Å²) in [7, 11) is 0. The SMILES string of the molecule is O=C(NCc1ccsc1)c1cccnc1Br. The summed E-state index contributed by atoms with van der Waals surface area (Å²) in [6.07, 6.45) is 1.64. The lowest BCUT2D eigenvalue weighted by Crippen LogP contribution is -2.23. The van der Waals surface area contributed by atoms with E-state index in [1.165, 1.54) is 0 Å². The molecule has 0 aliphatic rings. The Morgan fingerprint density at radius 3 is 3.06 bits per heavy atom. The van der Waals surface area contributed by atoms with Crippen molar-refractivity contribution in [1.29, 1.82) is 0 Å². The van der Waals surface area contributed by atoms with Crippen LogP contribution in [0.3, 0.4) is 0 Å². The van der Waals surface area contributed by atoms with E-state index in [0.29, 0.717) is 16.7 Å². The number of hydrogen-bond acceptors (Lipinski definition) is 3. The Kier molecular flexibility index (Phi) is 3.69. The molecular formula is C11H9BrN2OS. The van der Waals surface area contributed by atoms with Gasteiger partial charge in [-0.1, -0.05) is 0 Å². The largest absolute Gasteiger partial charge is 0.348 e.